The van der Waals surface area contributed by atoms with Crippen molar-refractivity contribution >= 4 is 29.2 Å². The molecule has 2 bridgehead atoms. The largest absolute Gasteiger partial charge is 0.478 e. The molecule has 2 aliphatic rings. The molecule has 3 heterocycles. The molecule has 2 aliphatic heterocycles. The van der Waals surface area contributed by atoms with Crippen molar-refractivity contribution in [3.8, 4) is 5.75 Å². The van der Waals surface area contributed by atoms with Gasteiger partial charge in [0, 0.05) is 34.9 Å². The van der Waals surface area contributed by atoms with E-state index in [0.29, 0.717) is 35.0 Å². The number of hydrogen-bond acceptors (Lipinski definition) is 6. The van der Waals surface area contributed by atoms with Gasteiger partial charge in [-0.05, 0) is 69.9 Å². The minimum absolute atomic E-state index is 0.0553. The first-order chi connectivity index (χ1) is 17.9. The van der Waals surface area contributed by atoms with Crippen molar-refractivity contribution in [1.29, 1.82) is 0 Å². The Bertz CT molecular complexity index is 1160. The summed E-state index contributed by atoms with van der Waals surface area (Å²) in [7, 11) is 0. The van der Waals surface area contributed by atoms with Crippen LogP contribution in [0.3, 0.4) is 0 Å². The normalized spacial score (nSPS) is 21.2. The number of pyridine rings is 1. The third-order valence-electron chi connectivity index (χ3n) is 6.90. The number of aliphatic hydroxyl groups is 1. The van der Waals surface area contributed by atoms with E-state index in [1.54, 1.807) is 38.1 Å². The molecule has 0 unspecified atom stereocenters. The maximum absolute atomic E-state index is 13.1. The van der Waals surface area contributed by atoms with Gasteiger partial charge in [0.05, 0.1) is 12.2 Å². The summed E-state index contributed by atoms with van der Waals surface area (Å²) in [4.78, 5) is 31.6. The predicted octanol–water partition coefficient (Wildman–Crippen LogP) is 3.99. The number of aliphatic hydroxyl groups excluding tert-OH is 1. The lowest BCUT2D eigenvalue weighted by molar-refractivity contribution is -0.135. The molecule has 3 N–H and O–H groups in total. The molecule has 206 valence electrons. The summed E-state index contributed by atoms with van der Waals surface area (Å²) in [6, 6.07) is 8.14. The number of amides is 2. The number of piperidine rings is 1. The summed E-state index contributed by atoms with van der Waals surface area (Å²) in [5.74, 6) is -0.0759. The zero-order valence-corrected chi connectivity index (χ0v) is 21.8. The number of ether oxygens (including phenoxy) is 1. The van der Waals surface area contributed by atoms with Gasteiger partial charge in [-0.25, -0.2) is 4.98 Å². The van der Waals surface area contributed by atoms with E-state index in [0.717, 1.165) is 12.8 Å². The SMILES string of the molecule is CC(C)(Oc1ccc(Cl)cc1CO)C(=O)N[C@H]1C[C@H]2CC[C@@H](C1)N2c1ccc(C(=O)NCC(F)(F)F)cn1. The van der Waals surface area contributed by atoms with Gasteiger partial charge in [-0.1, -0.05) is 11.6 Å². The molecule has 4 rings (SSSR count). The number of aromatic nitrogens is 1. The number of carbonyl (C=O) groups excluding carboxylic acids is 2. The molecule has 2 amide bonds. The summed E-state index contributed by atoms with van der Waals surface area (Å²) < 4.78 is 43.1. The number of alkyl halides is 3. The number of halogens is 4. The van der Waals surface area contributed by atoms with E-state index in [2.05, 4.69) is 15.2 Å². The average Bonchev–Trinajstić information content (AvgIpc) is 3.13. The van der Waals surface area contributed by atoms with E-state index in [4.69, 9.17) is 16.3 Å². The Hall–Kier alpha value is -3.05. The van der Waals surface area contributed by atoms with Crippen LogP contribution in [0.4, 0.5) is 19.0 Å². The van der Waals surface area contributed by atoms with E-state index < -0.39 is 24.2 Å². The fourth-order valence-electron chi connectivity index (χ4n) is 5.08. The van der Waals surface area contributed by atoms with Crippen LogP contribution in [0.1, 0.15) is 55.5 Å². The lowest BCUT2D eigenvalue weighted by Gasteiger charge is -2.41. The number of nitrogens with one attached hydrogen (secondary N) is 2. The Balaban J connectivity index is 1.36. The molecule has 2 fully saturated rings. The van der Waals surface area contributed by atoms with Gasteiger partial charge in [0.15, 0.2) is 5.60 Å². The van der Waals surface area contributed by atoms with Gasteiger partial charge < -0.3 is 25.4 Å². The van der Waals surface area contributed by atoms with E-state index >= 15 is 0 Å². The number of nitrogens with zero attached hydrogens (tertiary/aromatic N) is 2. The van der Waals surface area contributed by atoms with Crippen molar-refractivity contribution in [3.05, 3.63) is 52.7 Å². The number of rotatable bonds is 8. The third kappa shape index (κ3) is 6.50. The van der Waals surface area contributed by atoms with Gasteiger partial charge in [-0.2, -0.15) is 13.2 Å². The van der Waals surface area contributed by atoms with Crippen LogP contribution in [0.15, 0.2) is 36.5 Å². The molecule has 12 heteroatoms. The van der Waals surface area contributed by atoms with Gasteiger partial charge in [-0.15, -0.1) is 0 Å². The van der Waals surface area contributed by atoms with Crippen LogP contribution >= 0.6 is 11.6 Å². The lowest BCUT2D eigenvalue weighted by Crippen LogP contribution is -2.55. The molecule has 0 saturated carbocycles. The second-order valence-corrected chi connectivity index (χ2v) is 10.6. The van der Waals surface area contributed by atoms with Crippen LogP contribution in [0.5, 0.6) is 5.75 Å². The standard InChI is InChI=1S/C26H30ClF3N4O4/c1-25(2,38-21-7-4-17(27)9-16(21)13-35)24(37)33-18-10-19-5-6-20(11-18)34(19)22-8-3-15(12-31-22)23(36)32-14-26(28,29)30/h3-4,7-9,12,18-20,35H,5-6,10-11,13-14H2,1-2H3,(H,32,36)(H,33,37)/t18-,19+,20-. The molecule has 0 spiro atoms. The highest BCUT2D eigenvalue weighted by Gasteiger charge is 2.43. The quantitative estimate of drug-likeness (QED) is 0.456. The van der Waals surface area contributed by atoms with E-state index in [1.165, 1.54) is 12.3 Å². The number of fused-ring (bicyclic) bond motifs is 2. The van der Waals surface area contributed by atoms with Gasteiger partial charge in [0.1, 0.15) is 18.1 Å². The highest BCUT2D eigenvalue weighted by molar-refractivity contribution is 6.30. The zero-order chi connectivity index (χ0) is 27.7. The van der Waals surface area contributed by atoms with Crippen molar-refractivity contribution in [1.82, 2.24) is 15.6 Å². The smallest absolute Gasteiger partial charge is 0.405 e. The number of benzene rings is 1. The van der Waals surface area contributed by atoms with E-state index in [9.17, 15) is 27.9 Å². The minimum Gasteiger partial charge on any atom is -0.478 e. The van der Waals surface area contributed by atoms with Gasteiger partial charge >= 0.3 is 6.18 Å². The highest BCUT2D eigenvalue weighted by Crippen LogP contribution is 2.39. The summed E-state index contributed by atoms with van der Waals surface area (Å²) >= 11 is 5.99. The van der Waals surface area contributed by atoms with Crippen molar-refractivity contribution in [2.75, 3.05) is 11.4 Å². The van der Waals surface area contributed by atoms with Crippen molar-refractivity contribution in [3.63, 3.8) is 0 Å². The molecular weight excluding hydrogens is 525 g/mol. The van der Waals surface area contributed by atoms with Crippen molar-refractivity contribution in [2.24, 2.45) is 0 Å². The summed E-state index contributed by atoms with van der Waals surface area (Å²) in [5, 5.41) is 15.0. The lowest BCUT2D eigenvalue weighted by atomic mass is 9.96. The fourth-order valence-corrected chi connectivity index (χ4v) is 5.27. The monoisotopic (exact) mass is 554 g/mol. The Morgan fingerprint density at radius 2 is 1.84 bits per heavy atom. The minimum atomic E-state index is -4.48. The first kappa shape index (κ1) is 28.0. The van der Waals surface area contributed by atoms with E-state index in [-0.39, 0.29) is 36.2 Å². The Morgan fingerprint density at radius 1 is 1.16 bits per heavy atom. The second-order valence-electron chi connectivity index (χ2n) is 10.2. The molecule has 38 heavy (non-hydrogen) atoms. The first-order valence-corrected chi connectivity index (χ1v) is 12.7. The Kier molecular flexibility index (Phi) is 8.08. The second kappa shape index (κ2) is 11.0. The molecular formula is C26H30ClF3N4O4. The van der Waals surface area contributed by atoms with Crippen LogP contribution < -0.4 is 20.3 Å². The fraction of sp³-hybridized carbons (Fsp3) is 0.500. The maximum atomic E-state index is 13.1. The molecule has 2 saturated heterocycles. The summed E-state index contributed by atoms with van der Waals surface area (Å²) in [6.45, 7) is 1.65. The Morgan fingerprint density at radius 3 is 2.42 bits per heavy atom. The molecule has 0 aliphatic carbocycles. The third-order valence-corrected chi connectivity index (χ3v) is 7.13. The number of anilines is 1. The Labute approximate surface area is 223 Å². The van der Waals surface area contributed by atoms with Crippen LogP contribution in [-0.4, -0.2) is 58.4 Å². The van der Waals surface area contributed by atoms with Gasteiger partial charge in [-0.3, -0.25) is 9.59 Å². The van der Waals surface area contributed by atoms with E-state index in [1.807, 2.05) is 5.32 Å². The van der Waals surface area contributed by atoms with Crippen LogP contribution in [0, 0.1) is 0 Å². The first-order valence-electron chi connectivity index (χ1n) is 12.3. The molecule has 8 nitrogen and oxygen atoms in total. The van der Waals surface area contributed by atoms with Crippen LogP contribution in [0.2, 0.25) is 5.02 Å². The molecule has 1 aromatic carbocycles. The average molecular weight is 555 g/mol. The highest BCUT2D eigenvalue weighted by atomic mass is 35.5. The molecule has 0 radical (unpaired) electrons. The van der Waals surface area contributed by atoms with Crippen molar-refractivity contribution in [2.45, 2.75) is 76.0 Å². The maximum Gasteiger partial charge on any atom is 0.405 e. The summed E-state index contributed by atoms with van der Waals surface area (Å²) in [5.41, 5.74) is -0.654. The molecule has 2 aromatic rings. The van der Waals surface area contributed by atoms with Crippen molar-refractivity contribution < 1.29 is 32.6 Å². The van der Waals surface area contributed by atoms with Crippen LogP contribution in [0.25, 0.3) is 0 Å². The topological polar surface area (TPSA) is 104 Å². The number of hydrogen-bond donors (Lipinski definition) is 3. The summed E-state index contributed by atoms with van der Waals surface area (Å²) in [6.07, 6.45) is 0.00852. The molecule has 3 atom stereocenters. The predicted molar refractivity (Wildman–Crippen MR) is 135 cm³/mol. The molecule has 1 aromatic heterocycles. The zero-order valence-electron chi connectivity index (χ0n) is 21.0. The van der Waals surface area contributed by atoms with Gasteiger partial charge in [0.25, 0.3) is 11.8 Å². The van der Waals surface area contributed by atoms with Gasteiger partial charge in [0.2, 0.25) is 0 Å². The van der Waals surface area contributed by atoms with Crippen LogP contribution in [-0.2, 0) is 11.4 Å². The number of carbonyl (C=O) groups is 2.